The Morgan fingerprint density at radius 1 is 0.875 bits per heavy atom. The molecule has 0 N–H and O–H groups in total. The van der Waals surface area contributed by atoms with Gasteiger partial charge in [-0.05, 0) is 28.2 Å². The van der Waals surface area contributed by atoms with Crippen molar-refractivity contribution in [1.29, 1.82) is 0 Å². The fourth-order valence-corrected chi connectivity index (χ4v) is 0.550. The van der Waals surface area contributed by atoms with E-state index in [1.54, 1.807) is 38.0 Å². The van der Waals surface area contributed by atoms with E-state index in [0.717, 1.165) is 0 Å². The minimum atomic E-state index is -0.754. The summed E-state index contributed by atoms with van der Waals surface area (Å²) < 4.78 is 9.35. The SMILES string of the molecule is CN(C)COC(=O)C#CC(=O)OCN(C)C. The van der Waals surface area contributed by atoms with Gasteiger partial charge in [0.25, 0.3) is 0 Å². The van der Waals surface area contributed by atoms with Crippen LogP contribution in [0.2, 0.25) is 0 Å². The lowest BCUT2D eigenvalue weighted by molar-refractivity contribution is -0.142. The van der Waals surface area contributed by atoms with Crippen LogP contribution in [0, 0.1) is 11.8 Å². The van der Waals surface area contributed by atoms with Crippen LogP contribution < -0.4 is 0 Å². The number of carbonyl (C=O) groups is 2. The van der Waals surface area contributed by atoms with Gasteiger partial charge in [-0.2, -0.15) is 0 Å². The number of carbonyl (C=O) groups excluding carboxylic acids is 2. The van der Waals surface area contributed by atoms with E-state index in [1.807, 2.05) is 11.8 Å². The van der Waals surface area contributed by atoms with Gasteiger partial charge in [0.05, 0.1) is 0 Å². The molecule has 0 aliphatic heterocycles. The first-order valence-corrected chi connectivity index (χ1v) is 4.57. The van der Waals surface area contributed by atoms with Gasteiger partial charge in [-0.1, -0.05) is 0 Å². The molecule has 0 saturated carbocycles. The van der Waals surface area contributed by atoms with Crippen LogP contribution in [0.25, 0.3) is 0 Å². The summed E-state index contributed by atoms with van der Waals surface area (Å²) in [6, 6.07) is 0. The number of hydrogen-bond donors (Lipinski definition) is 0. The van der Waals surface area contributed by atoms with Crippen molar-refractivity contribution in [2.24, 2.45) is 0 Å². The standard InChI is InChI=1S/C10H16N2O4/c1-11(2)7-15-9(13)5-6-10(14)16-8-12(3)4/h7-8H2,1-4H3. The maximum absolute atomic E-state index is 10.9. The predicted octanol–water partition coefficient (Wildman–Crippen LogP) is -0.886. The number of rotatable bonds is 4. The minimum absolute atomic E-state index is 0.125. The lowest BCUT2D eigenvalue weighted by Gasteiger charge is -2.07. The van der Waals surface area contributed by atoms with Crippen LogP contribution in [0.15, 0.2) is 0 Å². The van der Waals surface area contributed by atoms with Gasteiger partial charge < -0.3 is 9.47 Å². The first-order chi connectivity index (χ1) is 7.41. The average Bonchev–Trinajstić information content (AvgIpc) is 2.20. The summed E-state index contributed by atoms with van der Waals surface area (Å²) in [4.78, 5) is 25.2. The molecule has 0 amide bonds. The molecule has 90 valence electrons. The van der Waals surface area contributed by atoms with Crippen LogP contribution >= 0.6 is 0 Å². The van der Waals surface area contributed by atoms with Gasteiger partial charge >= 0.3 is 11.9 Å². The van der Waals surface area contributed by atoms with E-state index in [-0.39, 0.29) is 13.5 Å². The van der Waals surface area contributed by atoms with E-state index in [9.17, 15) is 9.59 Å². The first-order valence-electron chi connectivity index (χ1n) is 4.57. The van der Waals surface area contributed by atoms with Gasteiger partial charge in [0.15, 0.2) is 0 Å². The Morgan fingerprint density at radius 2 is 1.19 bits per heavy atom. The van der Waals surface area contributed by atoms with Gasteiger partial charge in [-0.3, -0.25) is 9.80 Å². The third kappa shape index (κ3) is 8.99. The molecule has 0 aromatic carbocycles. The average molecular weight is 228 g/mol. The molecular formula is C10H16N2O4. The molecule has 0 heterocycles. The quantitative estimate of drug-likeness (QED) is 0.269. The highest BCUT2D eigenvalue weighted by atomic mass is 16.5. The van der Waals surface area contributed by atoms with Gasteiger partial charge in [0, 0.05) is 11.8 Å². The van der Waals surface area contributed by atoms with Crippen molar-refractivity contribution >= 4 is 11.9 Å². The van der Waals surface area contributed by atoms with E-state index in [2.05, 4.69) is 9.47 Å². The highest BCUT2D eigenvalue weighted by Gasteiger charge is 2.01. The lowest BCUT2D eigenvalue weighted by atomic mass is 10.6. The molecular weight excluding hydrogens is 212 g/mol. The summed E-state index contributed by atoms with van der Waals surface area (Å²) >= 11 is 0. The van der Waals surface area contributed by atoms with Crippen molar-refractivity contribution in [2.45, 2.75) is 0 Å². The Kier molecular flexibility index (Phi) is 6.92. The fourth-order valence-electron chi connectivity index (χ4n) is 0.550. The second kappa shape index (κ2) is 7.68. The Hall–Kier alpha value is -1.58. The van der Waals surface area contributed by atoms with Crippen molar-refractivity contribution in [3.05, 3.63) is 0 Å². The Bertz CT molecular complexity index is 274. The molecule has 0 saturated heterocycles. The smallest absolute Gasteiger partial charge is 0.386 e. The Labute approximate surface area is 95.1 Å². The number of esters is 2. The maximum atomic E-state index is 10.9. The molecule has 0 radical (unpaired) electrons. The number of ether oxygens (including phenoxy) is 2. The normalized spacial score (nSPS) is 9.62. The van der Waals surface area contributed by atoms with E-state index >= 15 is 0 Å². The second-order valence-corrected chi connectivity index (χ2v) is 3.53. The van der Waals surface area contributed by atoms with E-state index in [1.165, 1.54) is 0 Å². The number of hydrogen-bond acceptors (Lipinski definition) is 6. The van der Waals surface area contributed by atoms with Crippen molar-refractivity contribution in [3.63, 3.8) is 0 Å². The third-order valence-corrected chi connectivity index (χ3v) is 1.17. The topological polar surface area (TPSA) is 59.1 Å². The molecule has 0 aliphatic carbocycles. The van der Waals surface area contributed by atoms with Crippen LogP contribution in [-0.2, 0) is 19.1 Å². The Balaban J connectivity index is 3.89. The zero-order valence-corrected chi connectivity index (χ0v) is 9.94. The number of nitrogens with zero attached hydrogens (tertiary/aromatic N) is 2. The molecule has 0 bridgehead atoms. The maximum Gasteiger partial charge on any atom is 0.386 e. The predicted molar refractivity (Wildman–Crippen MR) is 57.1 cm³/mol. The molecule has 0 aliphatic rings. The molecule has 0 fully saturated rings. The molecule has 6 nitrogen and oxygen atoms in total. The summed E-state index contributed by atoms with van der Waals surface area (Å²) in [5.74, 6) is 2.55. The van der Waals surface area contributed by atoms with E-state index in [0.29, 0.717) is 0 Å². The zero-order chi connectivity index (χ0) is 12.6. The highest BCUT2D eigenvalue weighted by molar-refractivity contribution is 5.98. The van der Waals surface area contributed by atoms with Crippen molar-refractivity contribution in [3.8, 4) is 11.8 Å². The monoisotopic (exact) mass is 228 g/mol. The molecule has 0 unspecified atom stereocenters. The van der Waals surface area contributed by atoms with Crippen LogP contribution in [0.5, 0.6) is 0 Å². The molecule has 0 atom stereocenters. The van der Waals surface area contributed by atoms with Crippen LogP contribution in [0.4, 0.5) is 0 Å². The fraction of sp³-hybridized carbons (Fsp3) is 0.600. The zero-order valence-electron chi connectivity index (χ0n) is 9.94. The van der Waals surface area contributed by atoms with Crippen molar-refractivity contribution in [2.75, 3.05) is 41.7 Å². The molecule has 6 heteroatoms. The van der Waals surface area contributed by atoms with Crippen molar-refractivity contribution < 1.29 is 19.1 Å². The molecule has 0 rings (SSSR count). The highest BCUT2D eigenvalue weighted by Crippen LogP contribution is 1.82. The first kappa shape index (κ1) is 14.4. The van der Waals surface area contributed by atoms with Gasteiger partial charge in [-0.15, -0.1) is 0 Å². The molecule has 0 aromatic heterocycles. The van der Waals surface area contributed by atoms with Gasteiger partial charge in [0.2, 0.25) is 0 Å². The summed E-state index contributed by atoms with van der Waals surface area (Å²) in [6.07, 6.45) is 0. The summed E-state index contributed by atoms with van der Waals surface area (Å²) in [5.41, 5.74) is 0. The molecule has 0 aromatic rings. The van der Waals surface area contributed by atoms with Gasteiger partial charge in [-0.25, -0.2) is 9.59 Å². The second-order valence-electron chi connectivity index (χ2n) is 3.53. The molecule has 16 heavy (non-hydrogen) atoms. The Morgan fingerprint density at radius 3 is 1.44 bits per heavy atom. The third-order valence-electron chi connectivity index (χ3n) is 1.17. The summed E-state index contributed by atoms with van der Waals surface area (Å²) in [7, 11) is 6.97. The van der Waals surface area contributed by atoms with Crippen LogP contribution in [0.1, 0.15) is 0 Å². The van der Waals surface area contributed by atoms with Crippen LogP contribution in [-0.4, -0.2) is 63.4 Å². The lowest BCUT2D eigenvalue weighted by Crippen LogP contribution is -2.19. The van der Waals surface area contributed by atoms with E-state index in [4.69, 9.17) is 0 Å². The summed E-state index contributed by atoms with van der Waals surface area (Å²) in [6.45, 7) is 0.251. The largest absolute Gasteiger partial charge is 0.440 e. The van der Waals surface area contributed by atoms with Crippen molar-refractivity contribution in [1.82, 2.24) is 9.80 Å². The molecule has 0 spiro atoms. The van der Waals surface area contributed by atoms with Gasteiger partial charge in [0.1, 0.15) is 13.5 Å². The van der Waals surface area contributed by atoms with E-state index < -0.39 is 11.9 Å². The van der Waals surface area contributed by atoms with Crippen LogP contribution in [0.3, 0.4) is 0 Å². The minimum Gasteiger partial charge on any atom is -0.440 e. The summed E-state index contributed by atoms with van der Waals surface area (Å²) in [5, 5.41) is 0.